The van der Waals surface area contributed by atoms with Gasteiger partial charge in [0.05, 0.1) is 16.8 Å². The fourth-order valence-corrected chi connectivity index (χ4v) is 0.855. The van der Waals surface area contributed by atoms with E-state index in [1.807, 2.05) is 0 Å². The lowest BCUT2D eigenvalue weighted by atomic mass is 10.2. The third kappa shape index (κ3) is 1.98. The van der Waals surface area contributed by atoms with E-state index >= 15 is 0 Å². The molecule has 0 spiro atoms. The summed E-state index contributed by atoms with van der Waals surface area (Å²) >= 11 is 0. The molecule has 0 amide bonds. The number of hydrogen-bond acceptors (Lipinski definition) is 5. The van der Waals surface area contributed by atoms with Gasteiger partial charge in [0, 0.05) is 17.8 Å². The standard InChI is InChI=1S/C7H7N3O3/c1-5-3-8-6(4-9-11)2-7(5)10(12)13/h2-4,11H,1H3. The molecule has 1 aromatic rings. The van der Waals surface area contributed by atoms with Crippen LogP contribution < -0.4 is 0 Å². The molecule has 68 valence electrons. The van der Waals surface area contributed by atoms with Gasteiger partial charge in [-0.25, -0.2) is 0 Å². The van der Waals surface area contributed by atoms with Gasteiger partial charge in [-0.05, 0) is 6.92 Å². The first-order chi connectivity index (χ1) is 6.15. The number of aryl methyl sites for hydroxylation is 1. The Kier molecular flexibility index (Phi) is 2.53. The Morgan fingerprint density at radius 1 is 1.77 bits per heavy atom. The Morgan fingerprint density at radius 2 is 2.46 bits per heavy atom. The molecule has 0 aliphatic heterocycles. The molecule has 1 rings (SSSR count). The second-order valence-corrected chi connectivity index (χ2v) is 2.40. The van der Waals surface area contributed by atoms with Crippen LogP contribution in [0.2, 0.25) is 0 Å². The summed E-state index contributed by atoms with van der Waals surface area (Å²) in [7, 11) is 0. The number of pyridine rings is 1. The lowest BCUT2D eigenvalue weighted by molar-refractivity contribution is -0.385. The van der Waals surface area contributed by atoms with Crippen molar-refractivity contribution in [3.63, 3.8) is 0 Å². The molecule has 0 radical (unpaired) electrons. The summed E-state index contributed by atoms with van der Waals surface area (Å²) in [6.45, 7) is 1.59. The third-order valence-electron chi connectivity index (χ3n) is 1.48. The average Bonchev–Trinajstić information content (AvgIpc) is 2.08. The fraction of sp³-hybridized carbons (Fsp3) is 0.143. The predicted molar refractivity (Wildman–Crippen MR) is 45.0 cm³/mol. The summed E-state index contributed by atoms with van der Waals surface area (Å²) in [6.07, 6.45) is 2.39. The van der Waals surface area contributed by atoms with E-state index in [2.05, 4.69) is 10.1 Å². The SMILES string of the molecule is Cc1cnc(C=NO)cc1[N+](=O)[O-]. The summed E-state index contributed by atoms with van der Waals surface area (Å²) < 4.78 is 0. The van der Waals surface area contributed by atoms with Crippen molar-refractivity contribution in [1.82, 2.24) is 4.98 Å². The Labute approximate surface area is 73.7 Å². The van der Waals surface area contributed by atoms with E-state index in [9.17, 15) is 10.1 Å². The minimum atomic E-state index is -0.508. The quantitative estimate of drug-likeness (QED) is 0.320. The maximum atomic E-state index is 10.4. The van der Waals surface area contributed by atoms with E-state index in [4.69, 9.17) is 5.21 Å². The topological polar surface area (TPSA) is 88.6 Å². The molecule has 1 aromatic heterocycles. The Hall–Kier alpha value is -1.98. The molecular weight excluding hydrogens is 174 g/mol. The van der Waals surface area contributed by atoms with Crippen molar-refractivity contribution in [2.75, 3.05) is 0 Å². The fourth-order valence-electron chi connectivity index (χ4n) is 0.855. The van der Waals surface area contributed by atoms with Crippen LogP contribution in [0, 0.1) is 17.0 Å². The van der Waals surface area contributed by atoms with Gasteiger partial charge >= 0.3 is 0 Å². The number of nitrogens with zero attached hydrogens (tertiary/aromatic N) is 3. The minimum Gasteiger partial charge on any atom is -0.411 e. The maximum absolute atomic E-state index is 10.4. The van der Waals surface area contributed by atoms with Gasteiger partial charge in [0.15, 0.2) is 0 Å². The van der Waals surface area contributed by atoms with Crippen molar-refractivity contribution in [3.05, 3.63) is 33.6 Å². The molecule has 0 atom stereocenters. The maximum Gasteiger partial charge on any atom is 0.276 e. The van der Waals surface area contributed by atoms with E-state index in [-0.39, 0.29) is 11.4 Å². The summed E-state index contributed by atoms with van der Waals surface area (Å²) in [5, 5.41) is 21.4. The highest BCUT2D eigenvalue weighted by atomic mass is 16.6. The second-order valence-electron chi connectivity index (χ2n) is 2.40. The second kappa shape index (κ2) is 3.61. The van der Waals surface area contributed by atoms with Crippen LogP contribution in [0.3, 0.4) is 0 Å². The van der Waals surface area contributed by atoms with Crippen molar-refractivity contribution >= 4 is 11.9 Å². The van der Waals surface area contributed by atoms with Gasteiger partial charge < -0.3 is 5.21 Å². The van der Waals surface area contributed by atoms with Gasteiger partial charge in [0.25, 0.3) is 5.69 Å². The molecule has 0 aliphatic rings. The van der Waals surface area contributed by atoms with E-state index in [0.29, 0.717) is 5.56 Å². The molecule has 0 fully saturated rings. The molecule has 6 heteroatoms. The first kappa shape index (κ1) is 9.11. The molecule has 1 N–H and O–H groups in total. The Bertz CT molecular complexity index is 362. The van der Waals surface area contributed by atoms with Crippen LogP contribution in [-0.4, -0.2) is 21.3 Å². The summed E-state index contributed by atoms with van der Waals surface area (Å²) in [5.74, 6) is 0. The predicted octanol–water partition coefficient (Wildman–Crippen LogP) is 1.11. The van der Waals surface area contributed by atoms with Gasteiger partial charge in [-0.2, -0.15) is 0 Å². The molecule has 0 unspecified atom stereocenters. The molecule has 0 saturated carbocycles. The van der Waals surface area contributed by atoms with Crippen LogP contribution in [0.25, 0.3) is 0 Å². The summed E-state index contributed by atoms with van der Waals surface area (Å²) in [4.78, 5) is 13.7. The zero-order valence-electron chi connectivity index (χ0n) is 6.84. The Balaban J connectivity index is 3.18. The van der Waals surface area contributed by atoms with Crippen LogP contribution in [-0.2, 0) is 0 Å². The number of nitro groups is 1. The van der Waals surface area contributed by atoms with Crippen LogP contribution >= 0.6 is 0 Å². The number of aromatic nitrogens is 1. The molecule has 0 aliphatic carbocycles. The van der Waals surface area contributed by atoms with Gasteiger partial charge in [-0.15, -0.1) is 0 Å². The monoisotopic (exact) mass is 181 g/mol. The first-order valence-electron chi connectivity index (χ1n) is 3.43. The third-order valence-corrected chi connectivity index (χ3v) is 1.48. The zero-order valence-corrected chi connectivity index (χ0v) is 6.84. The van der Waals surface area contributed by atoms with Gasteiger partial charge in [-0.3, -0.25) is 15.1 Å². The number of rotatable bonds is 2. The lowest BCUT2D eigenvalue weighted by Crippen LogP contribution is -1.96. The largest absolute Gasteiger partial charge is 0.411 e. The smallest absolute Gasteiger partial charge is 0.276 e. The molecule has 13 heavy (non-hydrogen) atoms. The molecule has 0 bridgehead atoms. The first-order valence-corrected chi connectivity index (χ1v) is 3.43. The Morgan fingerprint density at radius 3 is 3.00 bits per heavy atom. The van der Waals surface area contributed by atoms with Crippen LogP contribution in [0.4, 0.5) is 5.69 Å². The van der Waals surface area contributed by atoms with Crippen LogP contribution in [0.5, 0.6) is 0 Å². The van der Waals surface area contributed by atoms with Gasteiger partial charge in [0.2, 0.25) is 0 Å². The van der Waals surface area contributed by atoms with Crippen LogP contribution in [0.1, 0.15) is 11.3 Å². The van der Waals surface area contributed by atoms with Crippen molar-refractivity contribution in [3.8, 4) is 0 Å². The van der Waals surface area contributed by atoms with Crippen molar-refractivity contribution in [1.29, 1.82) is 0 Å². The molecule has 0 aromatic carbocycles. The molecular formula is C7H7N3O3. The molecule has 0 saturated heterocycles. The highest BCUT2D eigenvalue weighted by Gasteiger charge is 2.10. The molecule has 6 nitrogen and oxygen atoms in total. The van der Waals surface area contributed by atoms with Crippen molar-refractivity contribution < 1.29 is 10.1 Å². The lowest BCUT2D eigenvalue weighted by Gasteiger charge is -1.96. The van der Waals surface area contributed by atoms with Gasteiger partial charge in [0.1, 0.15) is 0 Å². The average molecular weight is 181 g/mol. The van der Waals surface area contributed by atoms with E-state index < -0.39 is 4.92 Å². The van der Waals surface area contributed by atoms with E-state index in [1.165, 1.54) is 12.3 Å². The number of oxime groups is 1. The highest BCUT2D eigenvalue weighted by Crippen LogP contribution is 2.16. The van der Waals surface area contributed by atoms with Gasteiger partial charge in [-0.1, -0.05) is 5.16 Å². The minimum absolute atomic E-state index is 0.0371. The van der Waals surface area contributed by atoms with Crippen molar-refractivity contribution in [2.45, 2.75) is 6.92 Å². The van der Waals surface area contributed by atoms with Crippen molar-refractivity contribution in [2.24, 2.45) is 5.16 Å². The number of hydrogen-bond donors (Lipinski definition) is 1. The summed E-state index contributed by atoms with van der Waals surface area (Å²) in [5.41, 5.74) is 0.685. The highest BCUT2D eigenvalue weighted by molar-refractivity contribution is 5.77. The van der Waals surface area contributed by atoms with E-state index in [1.54, 1.807) is 6.92 Å². The summed E-state index contributed by atoms with van der Waals surface area (Å²) in [6, 6.07) is 1.25. The normalized spacial score (nSPS) is 10.5. The van der Waals surface area contributed by atoms with E-state index in [0.717, 1.165) is 6.21 Å². The van der Waals surface area contributed by atoms with Crippen LogP contribution in [0.15, 0.2) is 17.4 Å². The zero-order chi connectivity index (χ0) is 9.84. The molecule has 1 heterocycles.